The second kappa shape index (κ2) is 11.5. The predicted molar refractivity (Wildman–Crippen MR) is 130 cm³/mol. The van der Waals surface area contributed by atoms with Crippen LogP contribution in [0.4, 0.5) is 5.69 Å². The molecule has 2 aromatic carbocycles. The van der Waals surface area contributed by atoms with E-state index >= 15 is 0 Å². The van der Waals surface area contributed by atoms with Gasteiger partial charge in [-0.25, -0.2) is 0 Å². The first-order chi connectivity index (χ1) is 15.9. The van der Waals surface area contributed by atoms with Crippen LogP contribution in [0.1, 0.15) is 16.7 Å². The number of carbonyl (C=O) groups is 2. The Bertz CT molecular complexity index is 977. The summed E-state index contributed by atoms with van der Waals surface area (Å²) in [7, 11) is 1.58. The molecule has 0 spiro atoms. The molecule has 7 nitrogen and oxygen atoms in total. The predicted octanol–water partition coefficient (Wildman–Crippen LogP) is 3.20. The van der Waals surface area contributed by atoms with E-state index in [1.54, 1.807) is 12.0 Å². The largest absolute Gasteiger partial charge is 0.493 e. The number of benzene rings is 2. The van der Waals surface area contributed by atoms with Gasteiger partial charge in [0.25, 0.3) is 5.91 Å². The van der Waals surface area contributed by atoms with Crippen molar-refractivity contribution in [2.75, 3.05) is 51.8 Å². The first kappa shape index (κ1) is 24.3. The van der Waals surface area contributed by atoms with Gasteiger partial charge in [-0.1, -0.05) is 30.3 Å². The Hall–Kier alpha value is -3.32. The minimum absolute atomic E-state index is 0.0393. The summed E-state index contributed by atoms with van der Waals surface area (Å²) in [5.41, 5.74) is 4.04. The van der Waals surface area contributed by atoms with Gasteiger partial charge in [-0.15, -0.1) is 6.58 Å². The van der Waals surface area contributed by atoms with E-state index in [-0.39, 0.29) is 18.4 Å². The summed E-state index contributed by atoms with van der Waals surface area (Å²) in [5.74, 6) is 1.02. The maximum Gasteiger partial charge on any atom is 0.260 e. The molecule has 0 aromatic heterocycles. The molecule has 33 heavy (non-hydrogen) atoms. The topological polar surface area (TPSA) is 71.1 Å². The number of carbonyl (C=O) groups excluding carboxylic acids is 2. The van der Waals surface area contributed by atoms with Crippen LogP contribution in [0.3, 0.4) is 0 Å². The van der Waals surface area contributed by atoms with Gasteiger partial charge in [-0.05, 0) is 49.1 Å². The fourth-order valence-corrected chi connectivity index (χ4v) is 3.90. The highest BCUT2D eigenvalue weighted by Gasteiger charge is 2.23. The molecule has 3 rings (SSSR count). The van der Waals surface area contributed by atoms with Gasteiger partial charge in [0.2, 0.25) is 5.91 Å². The number of hydrogen-bond donors (Lipinski definition) is 1. The second-order valence-electron chi connectivity index (χ2n) is 8.24. The van der Waals surface area contributed by atoms with Crippen molar-refractivity contribution < 1.29 is 19.1 Å². The van der Waals surface area contributed by atoms with Crippen LogP contribution in [0.15, 0.2) is 49.1 Å². The summed E-state index contributed by atoms with van der Waals surface area (Å²) in [6, 6.07) is 11.6. The summed E-state index contributed by atoms with van der Waals surface area (Å²) in [5, 5.41) is 3.02. The number of nitrogens with zero attached hydrogens (tertiary/aromatic N) is 2. The Balaban J connectivity index is 1.45. The maximum atomic E-state index is 12.6. The van der Waals surface area contributed by atoms with E-state index in [1.807, 2.05) is 56.3 Å². The van der Waals surface area contributed by atoms with Gasteiger partial charge in [-0.2, -0.15) is 0 Å². The highest BCUT2D eigenvalue weighted by Crippen LogP contribution is 2.28. The van der Waals surface area contributed by atoms with Crippen LogP contribution in [-0.4, -0.2) is 68.1 Å². The van der Waals surface area contributed by atoms with Gasteiger partial charge in [0.05, 0.1) is 13.7 Å². The molecule has 0 bridgehead atoms. The minimum atomic E-state index is -0.0770. The van der Waals surface area contributed by atoms with Crippen molar-refractivity contribution >= 4 is 17.5 Å². The standard InChI is InChI=1S/C26H33N3O4/c1-5-7-21-10-11-22(23(16-21)32-4)33-18-25(31)29-14-12-28(13-15-29)17-24(30)27-26-19(2)8-6-9-20(26)3/h5-6,8-11,16H,1,7,12-15,17-18H2,2-4H3,(H,27,30). The van der Waals surface area contributed by atoms with Crippen molar-refractivity contribution in [1.29, 1.82) is 0 Å². The summed E-state index contributed by atoms with van der Waals surface area (Å²) in [6.45, 7) is 10.4. The second-order valence-corrected chi connectivity index (χ2v) is 8.24. The molecular weight excluding hydrogens is 418 g/mol. The highest BCUT2D eigenvalue weighted by molar-refractivity contribution is 5.93. The lowest BCUT2D eigenvalue weighted by Crippen LogP contribution is -2.51. The molecule has 0 saturated carbocycles. The Morgan fingerprint density at radius 1 is 1.06 bits per heavy atom. The lowest BCUT2D eigenvalue weighted by Gasteiger charge is -2.34. The Labute approximate surface area is 196 Å². The Kier molecular flexibility index (Phi) is 8.49. The molecule has 176 valence electrons. The molecule has 1 fully saturated rings. The molecule has 0 aliphatic carbocycles. The molecular formula is C26H33N3O4. The van der Waals surface area contributed by atoms with E-state index in [9.17, 15) is 9.59 Å². The molecule has 0 radical (unpaired) electrons. The van der Waals surface area contributed by atoms with Gasteiger partial charge in [-0.3, -0.25) is 14.5 Å². The quantitative estimate of drug-likeness (QED) is 0.593. The van der Waals surface area contributed by atoms with Gasteiger partial charge in [0, 0.05) is 31.9 Å². The first-order valence-corrected chi connectivity index (χ1v) is 11.2. The third-order valence-corrected chi connectivity index (χ3v) is 5.80. The number of rotatable bonds is 9. The Morgan fingerprint density at radius 2 is 1.76 bits per heavy atom. The third-order valence-electron chi connectivity index (χ3n) is 5.80. The fraction of sp³-hybridized carbons (Fsp3) is 0.385. The molecule has 0 atom stereocenters. The van der Waals surface area contributed by atoms with Crippen molar-refractivity contribution in [1.82, 2.24) is 9.80 Å². The smallest absolute Gasteiger partial charge is 0.260 e. The molecule has 2 amide bonds. The monoisotopic (exact) mass is 451 g/mol. The zero-order valence-corrected chi connectivity index (χ0v) is 19.7. The average Bonchev–Trinajstić information content (AvgIpc) is 2.81. The number of anilines is 1. The average molecular weight is 452 g/mol. The summed E-state index contributed by atoms with van der Waals surface area (Å²) in [4.78, 5) is 29.0. The summed E-state index contributed by atoms with van der Waals surface area (Å²) >= 11 is 0. The van der Waals surface area contributed by atoms with E-state index in [0.29, 0.717) is 44.2 Å². The third kappa shape index (κ3) is 6.58. The zero-order chi connectivity index (χ0) is 23.8. The highest BCUT2D eigenvalue weighted by atomic mass is 16.5. The van der Waals surface area contributed by atoms with Crippen LogP contribution in [0.5, 0.6) is 11.5 Å². The number of methoxy groups -OCH3 is 1. The fourth-order valence-electron chi connectivity index (χ4n) is 3.90. The minimum Gasteiger partial charge on any atom is -0.493 e. The summed E-state index contributed by atoms with van der Waals surface area (Å²) in [6.07, 6.45) is 2.56. The molecule has 1 saturated heterocycles. The van der Waals surface area contributed by atoms with Crippen LogP contribution < -0.4 is 14.8 Å². The molecule has 1 heterocycles. The van der Waals surface area contributed by atoms with E-state index in [0.717, 1.165) is 28.8 Å². The SMILES string of the molecule is C=CCc1ccc(OCC(=O)N2CCN(CC(=O)Nc3c(C)cccc3C)CC2)c(OC)c1. The number of allylic oxidation sites excluding steroid dienone is 1. The van der Waals surface area contributed by atoms with Gasteiger partial charge < -0.3 is 19.7 Å². The lowest BCUT2D eigenvalue weighted by atomic mass is 10.1. The molecule has 1 N–H and O–H groups in total. The van der Waals surface area contributed by atoms with E-state index in [1.165, 1.54) is 0 Å². The molecule has 0 unspecified atom stereocenters. The van der Waals surface area contributed by atoms with Crippen LogP contribution in [0.2, 0.25) is 0 Å². The number of hydrogen-bond acceptors (Lipinski definition) is 5. The van der Waals surface area contributed by atoms with Crippen LogP contribution in [-0.2, 0) is 16.0 Å². The van der Waals surface area contributed by atoms with Crippen molar-refractivity contribution in [3.63, 3.8) is 0 Å². The number of piperazine rings is 1. The van der Waals surface area contributed by atoms with Crippen LogP contribution in [0, 0.1) is 13.8 Å². The molecule has 1 aliphatic rings. The number of amides is 2. The normalized spacial score (nSPS) is 14.0. The number of nitrogens with one attached hydrogen (secondary N) is 1. The molecule has 2 aromatic rings. The zero-order valence-electron chi connectivity index (χ0n) is 19.7. The van der Waals surface area contributed by atoms with E-state index < -0.39 is 0 Å². The van der Waals surface area contributed by atoms with Gasteiger partial charge >= 0.3 is 0 Å². The van der Waals surface area contributed by atoms with E-state index in [4.69, 9.17) is 9.47 Å². The number of aryl methyl sites for hydroxylation is 2. The number of para-hydroxylation sites is 1. The molecule has 1 aliphatic heterocycles. The van der Waals surface area contributed by atoms with Crippen molar-refractivity contribution in [3.8, 4) is 11.5 Å². The van der Waals surface area contributed by atoms with Crippen molar-refractivity contribution in [2.24, 2.45) is 0 Å². The van der Waals surface area contributed by atoms with Crippen molar-refractivity contribution in [2.45, 2.75) is 20.3 Å². The van der Waals surface area contributed by atoms with E-state index in [2.05, 4.69) is 16.8 Å². The van der Waals surface area contributed by atoms with Crippen molar-refractivity contribution in [3.05, 3.63) is 65.7 Å². The van der Waals surface area contributed by atoms with Crippen LogP contribution >= 0.6 is 0 Å². The van der Waals surface area contributed by atoms with Gasteiger partial charge in [0.1, 0.15) is 0 Å². The summed E-state index contributed by atoms with van der Waals surface area (Å²) < 4.78 is 11.1. The molecule has 7 heteroatoms. The van der Waals surface area contributed by atoms with Crippen LogP contribution in [0.25, 0.3) is 0 Å². The van der Waals surface area contributed by atoms with Gasteiger partial charge in [0.15, 0.2) is 18.1 Å². The maximum absolute atomic E-state index is 12.6. The lowest BCUT2D eigenvalue weighted by molar-refractivity contribution is -0.135. The first-order valence-electron chi connectivity index (χ1n) is 11.2. The number of ether oxygens (including phenoxy) is 2. The Morgan fingerprint density at radius 3 is 2.39 bits per heavy atom.